The Morgan fingerprint density at radius 2 is 2.08 bits per heavy atom. The predicted molar refractivity (Wildman–Crippen MR) is 95.4 cm³/mol. The highest BCUT2D eigenvalue weighted by molar-refractivity contribution is 7.94. The molecule has 3 N–H and O–H groups in total. The largest absolute Gasteiger partial charge is 0.469 e. The molecule has 2 atom stereocenters. The van der Waals surface area contributed by atoms with Crippen LogP contribution in [-0.4, -0.2) is 35.1 Å². The number of rotatable bonds is 7. The zero-order valence-corrected chi connectivity index (χ0v) is 16.4. The Balaban J connectivity index is 3.18. The van der Waals surface area contributed by atoms with Crippen LogP contribution >= 0.6 is 22.9 Å². The van der Waals surface area contributed by atoms with Gasteiger partial charge in [-0.2, -0.15) is 0 Å². The minimum absolute atomic E-state index is 0.0841. The number of amides is 2. The maximum Gasteiger partial charge on any atom is 0.315 e. The number of thiophene rings is 1. The third-order valence-corrected chi connectivity index (χ3v) is 6.50. The van der Waals surface area contributed by atoms with Crippen molar-refractivity contribution in [2.24, 2.45) is 16.0 Å². The normalized spacial score (nSPS) is 14.5. The lowest BCUT2D eigenvalue weighted by molar-refractivity contribution is -0.143. The summed E-state index contributed by atoms with van der Waals surface area (Å²) < 4.78 is 23.3. The summed E-state index contributed by atoms with van der Waals surface area (Å²) in [6.07, 6.45) is -0.312. The third-order valence-electron chi connectivity index (χ3n) is 2.86. The molecule has 0 aliphatic rings. The van der Waals surface area contributed by atoms with E-state index < -0.39 is 40.2 Å². The van der Waals surface area contributed by atoms with E-state index >= 15 is 0 Å². The summed E-state index contributed by atoms with van der Waals surface area (Å²) in [7, 11) is -2.54. The molecular formula is C14H20ClN3O5S2. The Morgan fingerprint density at radius 1 is 1.44 bits per heavy atom. The van der Waals surface area contributed by atoms with E-state index in [1.54, 1.807) is 0 Å². The van der Waals surface area contributed by atoms with E-state index in [0.717, 1.165) is 18.4 Å². The van der Waals surface area contributed by atoms with Crippen LogP contribution in [0.3, 0.4) is 0 Å². The number of nitrogens with two attached hydrogens (primary N) is 1. The molecule has 1 aromatic rings. The number of ether oxygens (including phenoxy) is 1. The second-order valence-electron chi connectivity index (χ2n) is 5.55. The smallest absolute Gasteiger partial charge is 0.315 e. The van der Waals surface area contributed by atoms with Gasteiger partial charge in [0.05, 0.1) is 18.2 Å². The molecule has 25 heavy (non-hydrogen) atoms. The molecule has 0 fully saturated rings. The third kappa shape index (κ3) is 6.73. The van der Waals surface area contributed by atoms with E-state index in [1.807, 2.05) is 13.8 Å². The van der Waals surface area contributed by atoms with Crippen LogP contribution in [0, 0.1) is 5.92 Å². The molecule has 0 bridgehead atoms. The predicted octanol–water partition coefficient (Wildman–Crippen LogP) is 1.72. The minimum Gasteiger partial charge on any atom is -0.469 e. The Labute approximate surface area is 155 Å². The highest BCUT2D eigenvalue weighted by Gasteiger charge is 2.24. The molecule has 0 saturated heterocycles. The maximum atomic E-state index is 13.1. The number of hydrogen-bond donors (Lipinski definition) is 2. The molecule has 0 aliphatic heterocycles. The van der Waals surface area contributed by atoms with Crippen LogP contribution in [-0.2, 0) is 29.0 Å². The van der Waals surface area contributed by atoms with Crippen LogP contribution in [0.5, 0.6) is 0 Å². The minimum atomic E-state index is -3.66. The van der Waals surface area contributed by atoms with Crippen molar-refractivity contribution in [1.29, 1.82) is 0 Å². The maximum absolute atomic E-state index is 13.1. The molecule has 0 aliphatic carbocycles. The molecule has 1 rings (SSSR count). The van der Waals surface area contributed by atoms with Crippen molar-refractivity contribution in [3.05, 3.63) is 16.5 Å². The molecule has 140 valence electrons. The fourth-order valence-corrected chi connectivity index (χ4v) is 4.81. The molecule has 1 aromatic heterocycles. The van der Waals surface area contributed by atoms with Gasteiger partial charge < -0.3 is 10.5 Å². The van der Waals surface area contributed by atoms with E-state index in [0.29, 0.717) is 6.42 Å². The van der Waals surface area contributed by atoms with Crippen molar-refractivity contribution < 1.29 is 23.3 Å². The van der Waals surface area contributed by atoms with Crippen LogP contribution in [0.4, 0.5) is 0 Å². The van der Waals surface area contributed by atoms with Crippen molar-refractivity contribution in [3.63, 3.8) is 0 Å². The van der Waals surface area contributed by atoms with Gasteiger partial charge in [-0.1, -0.05) is 25.4 Å². The summed E-state index contributed by atoms with van der Waals surface area (Å²) in [6.45, 7) is 3.75. The quantitative estimate of drug-likeness (QED) is 0.521. The Hall–Kier alpha value is -1.49. The zero-order chi connectivity index (χ0) is 19.2. The van der Waals surface area contributed by atoms with Gasteiger partial charge in [0, 0.05) is 5.38 Å². The van der Waals surface area contributed by atoms with Gasteiger partial charge in [-0.15, -0.1) is 15.7 Å². The first kappa shape index (κ1) is 21.6. The van der Waals surface area contributed by atoms with Gasteiger partial charge in [0.25, 0.3) is 5.91 Å². The first-order valence-corrected chi connectivity index (χ1v) is 10.0. The van der Waals surface area contributed by atoms with Crippen LogP contribution in [0.15, 0.2) is 20.0 Å². The van der Waals surface area contributed by atoms with E-state index in [-0.39, 0.29) is 15.1 Å². The summed E-state index contributed by atoms with van der Waals surface area (Å²) in [5.41, 5.74) is 5.76. The van der Waals surface area contributed by atoms with Gasteiger partial charge in [0.2, 0.25) is 5.91 Å². The first-order chi connectivity index (χ1) is 11.6. The second kappa shape index (κ2) is 9.27. The number of nitrogens with zero attached hydrogens (tertiary/aromatic N) is 1. The molecule has 0 saturated carbocycles. The molecule has 2 unspecified atom stereocenters. The molecule has 0 spiro atoms. The number of carbonyl (C=O) groups excluding carboxylic acids is 3. The first-order valence-electron chi connectivity index (χ1n) is 7.25. The van der Waals surface area contributed by atoms with Gasteiger partial charge in [-0.25, -0.2) is 4.21 Å². The number of esters is 1. The van der Waals surface area contributed by atoms with Crippen LogP contribution < -0.4 is 10.5 Å². The van der Waals surface area contributed by atoms with Crippen molar-refractivity contribution >= 4 is 50.6 Å². The summed E-state index contributed by atoms with van der Waals surface area (Å²) in [5, 5.41) is 1.76. The molecule has 2 amide bonds. The van der Waals surface area contributed by atoms with Gasteiger partial charge in [-0.3, -0.25) is 19.1 Å². The van der Waals surface area contributed by atoms with Crippen LogP contribution in [0.2, 0.25) is 5.02 Å². The highest BCUT2D eigenvalue weighted by Crippen LogP contribution is 2.25. The molecular weight excluding hydrogens is 390 g/mol. The monoisotopic (exact) mass is 409 g/mol. The van der Waals surface area contributed by atoms with E-state index in [2.05, 4.69) is 13.8 Å². The molecule has 8 nitrogen and oxygen atoms in total. The highest BCUT2D eigenvalue weighted by atomic mass is 35.5. The topological polar surface area (TPSA) is 128 Å². The average molecular weight is 410 g/mol. The SMILES string of the molecule is COC(=O)CC(=O)NS(=O)(=NC(=O)C(N)CC(C)C)c1cc(Cl)cs1. The lowest BCUT2D eigenvalue weighted by atomic mass is 10.0. The van der Waals surface area contributed by atoms with E-state index in [1.165, 1.54) is 11.4 Å². The lowest BCUT2D eigenvalue weighted by Crippen LogP contribution is -2.36. The van der Waals surface area contributed by atoms with Crippen LogP contribution in [0.25, 0.3) is 0 Å². The Morgan fingerprint density at radius 3 is 2.56 bits per heavy atom. The fourth-order valence-electron chi connectivity index (χ4n) is 1.75. The summed E-state index contributed by atoms with van der Waals surface area (Å²) in [5.74, 6) is -2.38. The Bertz CT molecular complexity index is 768. The molecule has 0 radical (unpaired) electrons. The Kier molecular flexibility index (Phi) is 8.00. The van der Waals surface area contributed by atoms with Crippen molar-refractivity contribution in [2.45, 2.75) is 36.9 Å². The van der Waals surface area contributed by atoms with Gasteiger partial charge in [-0.05, 0) is 18.4 Å². The van der Waals surface area contributed by atoms with Crippen molar-refractivity contribution in [1.82, 2.24) is 4.72 Å². The number of halogens is 1. The van der Waals surface area contributed by atoms with Gasteiger partial charge >= 0.3 is 5.97 Å². The lowest BCUT2D eigenvalue weighted by Gasteiger charge is -2.13. The standard InChI is InChI=1S/C14H20ClN3O5S2/c1-8(2)4-10(16)14(21)18-25(22,13-5-9(15)7-24-13)17-11(19)6-12(20)23-3/h5,7-8,10H,4,6,16H2,1-3H3,(H,17,18,19,21,22). The van der Waals surface area contributed by atoms with E-state index in [9.17, 15) is 18.6 Å². The van der Waals surface area contributed by atoms with E-state index in [4.69, 9.17) is 17.3 Å². The molecule has 0 aromatic carbocycles. The number of nitrogens with one attached hydrogen (secondary N) is 1. The number of methoxy groups -OCH3 is 1. The molecule has 1 heterocycles. The van der Waals surface area contributed by atoms with Crippen molar-refractivity contribution in [2.75, 3.05) is 7.11 Å². The summed E-state index contributed by atoms with van der Waals surface area (Å²) in [6, 6.07) is 0.381. The zero-order valence-electron chi connectivity index (χ0n) is 14.0. The average Bonchev–Trinajstić information content (AvgIpc) is 2.93. The second-order valence-corrected chi connectivity index (χ2v) is 9.04. The fraction of sp³-hybridized carbons (Fsp3) is 0.500. The van der Waals surface area contributed by atoms with Crippen molar-refractivity contribution in [3.8, 4) is 0 Å². The van der Waals surface area contributed by atoms with Gasteiger partial charge in [0.1, 0.15) is 10.6 Å². The summed E-state index contributed by atoms with van der Waals surface area (Å²) >= 11 is 6.79. The number of carbonyl (C=O) groups is 3. The number of hydrogen-bond acceptors (Lipinski definition) is 7. The van der Waals surface area contributed by atoms with Gasteiger partial charge in [0.15, 0.2) is 9.92 Å². The summed E-state index contributed by atoms with van der Waals surface area (Å²) in [4.78, 5) is 35.3. The molecule has 11 heteroatoms. The van der Waals surface area contributed by atoms with Crippen LogP contribution in [0.1, 0.15) is 26.7 Å².